The topological polar surface area (TPSA) is 63.8 Å². The van der Waals surface area contributed by atoms with Gasteiger partial charge in [-0.05, 0) is 29.3 Å². The molecule has 3 rings (SSSR count). The van der Waals surface area contributed by atoms with Crippen molar-refractivity contribution in [2.75, 3.05) is 11.1 Å². The Kier molecular flexibility index (Phi) is 3.21. The third-order valence-corrected chi connectivity index (χ3v) is 3.34. The predicted octanol–water partition coefficient (Wildman–Crippen LogP) is 3.52. The largest absolute Gasteiger partial charge is 0.383 e. The summed E-state index contributed by atoms with van der Waals surface area (Å²) in [5, 5.41) is 5.74. The Hall–Kier alpha value is -2.62. The van der Waals surface area contributed by atoms with Crippen LogP contribution in [-0.4, -0.2) is 9.97 Å². The van der Waals surface area contributed by atoms with Gasteiger partial charge in [0, 0.05) is 11.3 Å². The summed E-state index contributed by atoms with van der Waals surface area (Å²) in [6.07, 6.45) is 2.28. The monoisotopic (exact) mass is 264 g/mol. The molecule has 1 aromatic heterocycles. The molecule has 0 aliphatic carbocycles. The van der Waals surface area contributed by atoms with Gasteiger partial charge in [-0.25, -0.2) is 9.97 Å². The standard InChI is InChI=1S/C16H16N4/c1-2-14-15(17)18-10-19-16(14)20-13-8-7-11-5-3-4-6-12(11)9-13/h3-10H,2H2,1H3,(H3,17,18,19,20). The van der Waals surface area contributed by atoms with Gasteiger partial charge in [-0.15, -0.1) is 0 Å². The van der Waals surface area contributed by atoms with E-state index < -0.39 is 0 Å². The molecule has 0 saturated carbocycles. The van der Waals surface area contributed by atoms with E-state index in [9.17, 15) is 0 Å². The van der Waals surface area contributed by atoms with Crippen molar-refractivity contribution in [1.29, 1.82) is 0 Å². The van der Waals surface area contributed by atoms with Gasteiger partial charge in [0.2, 0.25) is 0 Å². The van der Waals surface area contributed by atoms with Crippen LogP contribution in [0.4, 0.5) is 17.3 Å². The van der Waals surface area contributed by atoms with Crippen LogP contribution in [0, 0.1) is 0 Å². The first-order chi connectivity index (χ1) is 9.78. The third kappa shape index (κ3) is 2.28. The van der Waals surface area contributed by atoms with Crippen LogP contribution in [0.1, 0.15) is 12.5 Å². The number of aromatic nitrogens is 2. The summed E-state index contributed by atoms with van der Waals surface area (Å²) >= 11 is 0. The molecule has 4 heteroatoms. The highest BCUT2D eigenvalue weighted by molar-refractivity contribution is 5.86. The summed E-state index contributed by atoms with van der Waals surface area (Å²) in [5.74, 6) is 1.31. The SMILES string of the molecule is CCc1c(N)ncnc1Nc1ccc2ccccc2c1. The van der Waals surface area contributed by atoms with E-state index in [2.05, 4.69) is 39.6 Å². The number of nitrogen functional groups attached to an aromatic ring is 1. The van der Waals surface area contributed by atoms with Crippen molar-refractivity contribution in [3.05, 3.63) is 54.4 Å². The van der Waals surface area contributed by atoms with Gasteiger partial charge < -0.3 is 11.1 Å². The Morgan fingerprint density at radius 2 is 1.85 bits per heavy atom. The molecule has 0 saturated heterocycles. The van der Waals surface area contributed by atoms with Gasteiger partial charge in [0.05, 0.1) is 0 Å². The Balaban J connectivity index is 1.99. The molecule has 0 radical (unpaired) electrons. The van der Waals surface area contributed by atoms with Gasteiger partial charge in [-0.1, -0.05) is 37.3 Å². The van der Waals surface area contributed by atoms with Crippen molar-refractivity contribution in [2.45, 2.75) is 13.3 Å². The zero-order valence-corrected chi connectivity index (χ0v) is 11.3. The number of nitrogens with one attached hydrogen (secondary N) is 1. The summed E-state index contributed by atoms with van der Waals surface area (Å²) in [5.41, 5.74) is 7.83. The number of anilines is 3. The van der Waals surface area contributed by atoms with Crippen LogP contribution in [0.3, 0.4) is 0 Å². The van der Waals surface area contributed by atoms with Gasteiger partial charge in [-0.3, -0.25) is 0 Å². The first-order valence-electron chi connectivity index (χ1n) is 6.63. The van der Waals surface area contributed by atoms with Crippen LogP contribution < -0.4 is 11.1 Å². The summed E-state index contributed by atoms with van der Waals surface area (Å²) < 4.78 is 0. The van der Waals surface area contributed by atoms with Gasteiger partial charge in [-0.2, -0.15) is 0 Å². The second-order valence-electron chi connectivity index (χ2n) is 4.63. The molecule has 0 amide bonds. The smallest absolute Gasteiger partial charge is 0.139 e. The molecule has 0 aliphatic rings. The second-order valence-corrected chi connectivity index (χ2v) is 4.63. The molecule has 0 bridgehead atoms. The average Bonchev–Trinajstić information content (AvgIpc) is 2.47. The summed E-state index contributed by atoms with van der Waals surface area (Å²) in [4.78, 5) is 8.31. The first kappa shape index (κ1) is 12.4. The van der Waals surface area contributed by atoms with E-state index in [4.69, 9.17) is 5.73 Å². The average molecular weight is 264 g/mol. The lowest BCUT2D eigenvalue weighted by Gasteiger charge is -2.11. The van der Waals surface area contributed by atoms with Crippen LogP contribution in [0.2, 0.25) is 0 Å². The maximum absolute atomic E-state index is 5.88. The summed E-state index contributed by atoms with van der Waals surface area (Å²) in [6.45, 7) is 2.04. The fourth-order valence-electron chi connectivity index (χ4n) is 2.29. The van der Waals surface area contributed by atoms with Crippen molar-refractivity contribution in [3.63, 3.8) is 0 Å². The summed E-state index contributed by atoms with van der Waals surface area (Å²) in [7, 11) is 0. The van der Waals surface area contributed by atoms with Crippen molar-refractivity contribution in [3.8, 4) is 0 Å². The van der Waals surface area contributed by atoms with Crippen molar-refractivity contribution >= 4 is 28.1 Å². The van der Waals surface area contributed by atoms with E-state index in [1.54, 1.807) is 0 Å². The zero-order chi connectivity index (χ0) is 13.9. The van der Waals surface area contributed by atoms with Crippen LogP contribution >= 0.6 is 0 Å². The van der Waals surface area contributed by atoms with Crippen LogP contribution in [0.15, 0.2) is 48.8 Å². The molecular weight excluding hydrogens is 248 g/mol. The minimum atomic E-state index is 0.533. The molecule has 0 unspecified atom stereocenters. The minimum absolute atomic E-state index is 0.533. The lowest BCUT2D eigenvalue weighted by atomic mass is 10.1. The lowest BCUT2D eigenvalue weighted by Crippen LogP contribution is -2.04. The van der Waals surface area contributed by atoms with Gasteiger partial charge in [0.1, 0.15) is 18.0 Å². The van der Waals surface area contributed by atoms with E-state index >= 15 is 0 Å². The van der Waals surface area contributed by atoms with Gasteiger partial charge in [0.25, 0.3) is 0 Å². The van der Waals surface area contributed by atoms with E-state index in [1.165, 1.54) is 17.1 Å². The molecule has 20 heavy (non-hydrogen) atoms. The molecule has 3 aromatic rings. The molecular formula is C16H16N4. The number of hydrogen-bond donors (Lipinski definition) is 2. The number of benzene rings is 2. The molecule has 0 spiro atoms. The molecule has 1 heterocycles. The van der Waals surface area contributed by atoms with E-state index in [-0.39, 0.29) is 0 Å². The van der Waals surface area contributed by atoms with Crippen LogP contribution in [-0.2, 0) is 6.42 Å². The molecule has 2 aromatic carbocycles. The number of nitrogens with two attached hydrogens (primary N) is 1. The van der Waals surface area contributed by atoms with Crippen LogP contribution in [0.5, 0.6) is 0 Å². The van der Waals surface area contributed by atoms with E-state index in [1.807, 2.05) is 25.1 Å². The zero-order valence-electron chi connectivity index (χ0n) is 11.3. The number of hydrogen-bond acceptors (Lipinski definition) is 4. The molecule has 100 valence electrons. The lowest BCUT2D eigenvalue weighted by molar-refractivity contribution is 1.06. The highest BCUT2D eigenvalue weighted by Crippen LogP contribution is 2.24. The normalized spacial score (nSPS) is 10.7. The van der Waals surface area contributed by atoms with Crippen molar-refractivity contribution in [1.82, 2.24) is 9.97 Å². The second kappa shape index (κ2) is 5.17. The summed E-state index contributed by atoms with van der Waals surface area (Å²) in [6, 6.07) is 14.5. The number of rotatable bonds is 3. The van der Waals surface area contributed by atoms with E-state index in [0.29, 0.717) is 5.82 Å². The van der Waals surface area contributed by atoms with Crippen molar-refractivity contribution < 1.29 is 0 Å². The molecule has 0 atom stereocenters. The highest BCUT2D eigenvalue weighted by Gasteiger charge is 2.07. The maximum Gasteiger partial charge on any atom is 0.139 e. The fourth-order valence-corrected chi connectivity index (χ4v) is 2.29. The highest BCUT2D eigenvalue weighted by atomic mass is 15.0. The van der Waals surface area contributed by atoms with Gasteiger partial charge in [0.15, 0.2) is 0 Å². The Morgan fingerprint density at radius 1 is 1.05 bits per heavy atom. The molecule has 4 nitrogen and oxygen atoms in total. The molecule has 3 N–H and O–H groups in total. The van der Waals surface area contributed by atoms with E-state index in [0.717, 1.165) is 23.5 Å². The van der Waals surface area contributed by atoms with Gasteiger partial charge >= 0.3 is 0 Å². The third-order valence-electron chi connectivity index (χ3n) is 3.34. The quantitative estimate of drug-likeness (QED) is 0.759. The van der Waals surface area contributed by atoms with Crippen LogP contribution in [0.25, 0.3) is 10.8 Å². The first-order valence-corrected chi connectivity index (χ1v) is 6.63. The predicted molar refractivity (Wildman–Crippen MR) is 83.1 cm³/mol. The Morgan fingerprint density at radius 3 is 2.65 bits per heavy atom. The Bertz CT molecular complexity index is 752. The Labute approximate surface area is 117 Å². The van der Waals surface area contributed by atoms with Crippen molar-refractivity contribution in [2.24, 2.45) is 0 Å². The number of fused-ring (bicyclic) bond motifs is 1. The maximum atomic E-state index is 5.88. The minimum Gasteiger partial charge on any atom is -0.383 e. The molecule has 0 aliphatic heterocycles. The molecule has 0 fully saturated rings. The number of nitrogens with zero attached hydrogens (tertiary/aromatic N) is 2. The fraction of sp³-hybridized carbons (Fsp3) is 0.125.